The lowest BCUT2D eigenvalue weighted by molar-refractivity contribution is -0.564. The van der Waals surface area contributed by atoms with Crippen molar-refractivity contribution in [3.63, 3.8) is 0 Å². The monoisotopic (exact) mass is 403 g/mol. The molecule has 0 fully saturated rings. The molecule has 7 nitrogen and oxygen atoms in total. The van der Waals surface area contributed by atoms with Crippen molar-refractivity contribution in [2.24, 2.45) is 0 Å². The molecule has 0 radical (unpaired) electrons. The number of benzene rings is 2. The number of allylic oxidation sites excluding steroid dienone is 1. The van der Waals surface area contributed by atoms with Crippen molar-refractivity contribution < 1.29 is 14.8 Å². The maximum absolute atomic E-state index is 12.2. The highest BCUT2D eigenvalue weighted by atomic mass is 16.6. The maximum atomic E-state index is 12.2. The first-order valence-electron chi connectivity index (χ1n) is 9.49. The third-order valence-corrected chi connectivity index (χ3v) is 5.37. The standard InChI is InChI=1S/C23H21N3O4/c1-30-20-12-13-23(26(28)29,22(27)21(20)18-6-3-2-4-7-18)16-17-8-10-19(11-9-17)25-15-5-14-24-25/h2-15,22,27H,16H2,1H3. The van der Waals surface area contributed by atoms with E-state index in [9.17, 15) is 15.2 Å². The Kier molecular flexibility index (Phi) is 5.20. The minimum Gasteiger partial charge on any atom is -0.496 e. The van der Waals surface area contributed by atoms with Gasteiger partial charge in [-0.1, -0.05) is 42.5 Å². The molecule has 0 bridgehead atoms. The minimum absolute atomic E-state index is 0.0321. The van der Waals surface area contributed by atoms with Crippen LogP contribution in [-0.2, 0) is 11.2 Å². The number of aliphatic hydroxyl groups is 1. The van der Waals surface area contributed by atoms with E-state index >= 15 is 0 Å². The van der Waals surface area contributed by atoms with E-state index in [-0.39, 0.29) is 6.42 Å². The van der Waals surface area contributed by atoms with Crippen molar-refractivity contribution in [3.05, 3.63) is 112 Å². The smallest absolute Gasteiger partial charge is 0.274 e. The molecule has 0 saturated heterocycles. The van der Waals surface area contributed by atoms with E-state index in [1.54, 1.807) is 29.1 Å². The Morgan fingerprint density at radius 3 is 2.50 bits per heavy atom. The van der Waals surface area contributed by atoms with Crippen LogP contribution in [0.1, 0.15) is 11.1 Å². The molecule has 1 heterocycles. The van der Waals surface area contributed by atoms with Gasteiger partial charge < -0.3 is 9.84 Å². The number of hydrogen-bond donors (Lipinski definition) is 1. The molecule has 1 N–H and O–H groups in total. The highest BCUT2D eigenvalue weighted by Crippen LogP contribution is 2.38. The highest BCUT2D eigenvalue weighted by Gasteiger charge is 2.52. The fraction of sp³-hybridized carbons (Fsp3) is 0.174. The Morgan fingerprint density at radius 1 is 1.17 bits per heavy atom. The summed E-state index contributed by atoms with van der Waals surface area (Å²) in [5, 5.41) is 27.6. The predicted octanol–water partition coefficient (Wildman–Crippen LogP) is 3.42. The molecule has 2 aromatic carbocycles. The van der Waals surface area contributed by atoms with Crippen LogP contribution in [-0.4, -0.2) is 38.6 Å². The first kappa shape index (κ1) is 19.6. The number of nitro groups is 1. The average molecular weight is 403 g/mol. The average Bonchev–Trinajstić information content (AvgIpc) is 3.31. The second-order valence-electron chi connectivity index (χ2n) is 7.13. The molecule has 0 spiro atoms. The molecule has 0 amide bonds. The van der Waals surface area contributed by atoms with E-state index in [4.69, 9.17) is 4.74 Å². The highest BCUT2D eigenvalue weighted by molar-refractivity contribution is 5.75. The maximum Gasteiger partial charge on any atom is 0.274 e. The molecule has 4 rings (SSSR count). The number of hydrogen-bond acceptors (Lipinski definition) is 5. The van der Waals surface area contributed by atoms with Crippen molar-refractivity contribution in [3.8, 4) is 5.69 Å². The van der Waals surface area contributed by atoms with Gasteiger partial charge in [-0.3, -0.25) is 10.1 Å². The minimum atomic E-state index is -1.71. The van der Waals surface area contributed by atoms with Crippen LogP contribution >= 0.6 is 0 Å². The van der Waals surface area contributed by atoms with Gasteiger partial charge in [-0.25, -0.2) is 4.68 Å². The van der Waals surface area contributed by atoms with Gasteiger partial charge in [-0.15, -0.1) is 0 Å². The van der Waals surface area contributed by atoms with Crippen molar-refractivity contribution in [2.75, 3.05) is 7.11 Å². The summed E-state index contributed by atoms with van der Waals surface area (Å²) < 4.78 is 7.12. The van der Waals surface area contributed by atoms with E-state index in [0.717, 1.165) is 11.3 Å². The summed E-state index contributed by atoms with van der Waals surface area (Å²) in [4.78, 5) is 11.8. The first-order chi connectivity index (χ1) is 14.5. The third-order valence-electron chi connectivity index (χ3n) is 5.37. The Labute approximate surface area is 173 Å². The summed E-state index contributed by atoms with van der Waals surface area (Å²) in [6.07, 6.45) is 5.18. The second kappa shape index (κ2) is 7.96. The molecule has 30 heavy (non-hydrogen) atoms. The number of aliphatic hydroxyl groups excluding tert-OH is 1. The van der Waals surface area contributed by atoms with Crippen LogP contribution in [0.2, 0.25) is 0 Å². The van der Waals surface area contributed by atoms with Crippen LogP contribution in [0.5, 0.6) is 0 Å². The molecular weight excluding hydrogens is 382 g/mol. The van der Waals surface area contributed by atoms with Gasteiger partial charge in [0.25, 0.3) is 5.54 Å². The van der Waals surface area contributed by atoms with Crippen molar-refractivity contribution in [1.29, 1.82) is 0 Å². The van der Waals surface area contributed by atoms with Gasteiger partial charge in [0.1, 0.15) is 5.76 Å². The zero-order chi connectivity index (χ0) is 21.1. The quantitative estimate of drug-likeness (QED) is 0.503. The zero-order valence-corrected chi connectivity index (χ0v) is 16.4. The lowest BCUT2D eigenvalue weighted by atomic mass is 9.77. The van der Waals surface area contributed by atoms with Crippen LogP contribution in [0.15, 0.2) is 91.0 Å². The predicted molar refractivity (Wildman–Crippen MR) is 113 cm³/mol. The number of aromatic nitrogens is 2. The van der Waals surface area contributed by atoms with Crippen LogP contribution in [0.25, 0.3) is 11.3 Å². The van der Waals surface area contributed by atoms with Gasteiger partial charge in [-0.2, -0.15) is 5.10 Å². The largest absolute Gasteiger partial charge is 0.496 e. The van der Waals surface area contributed by atoms with Crippen LogP contribution in [0.3, 0.4) is 0 Å². The first-order valence-corrected chi connectivity index (χ1v) is 9.49. The SMILES string of the molecule is COC1=C(c2ccccc2)C(O)C(Cc2ccc(-n3cccn3)cc2)([N+](=O)[O-])C=C1. The summed E-state index contributed by atoms with van der Waals surface area (Å²) in [7, 11) is 1.49. The molecule has 1 aliphatic carbocycles. The van der Waals surface area contributed by atoms with E-state index < -0.39 is 16.6 Å². The van der Waals surface area contributed by atoms with Crippen LogP contribution in [0.4, 0.5) is 0 Å². The summed E-state index contributed by atoms with van der Waals surface area (Å²) in [6.45, 7) is 0. The summed E-state index contributed by atoms with van der Waals surface area (Å²) >= 11 is 0. The summed E-state index contributed by atoms with van der Waals surface area (Å²) in [5.41, 5.74) is 0.974. The van der Waals surface area contributed by atoms with Gasteiger partial charge in [0.15, 0.2) is 6.10 Å². The van der Waals surface area contributed by atoms with Gasteiger partial charge in [0, 0.05) is 22.9 Å². The zero-order valence-electron chi connectivity index (χ0n) is 16.4. The van der Waals surface area contributed by atoms with Crippen molar-refractivity contribution in [1.82, 2.24) is 9.78 Å². The Hall–Kier alpha value is -3.71. The fourth-order valence-electron chi connectivity index (χ4n) is 3.78. The Balaban J connectivity index is 1.70. The number of rotatable bonds is 6. The molecule has 2 atom stereocenters. The van der Waals surface area contributed by atoms with E-state index in [1.807, 2.05) is 54.7 Å². The third kappa shape index (κ3) is 3.40. The lowest BCUT2D eigenvalue weighted by Gasteiger charge is -2.33. The van der Waals surface area contributed by atoms with Gasteiger partial charge in [-0.05, 0) is 41.5 Å². The van der Waals surface area contributed by atoms with Crippen LogP contribution in [0, 0.1) is 10.1 Å². The molecule has 152 valence electrons. The van der Waals surface area contributed by atoms with E-state index in [0.29, 0.717) is 16.9 Å². The summed E-state index contributed by atoms with van der Waals surface area (Å²) in [5.74, 6) is 0.417. The molecule has 0 saturated carbocycles. The lowest BCUT2D eigenvalue weighted by Crippen LogP contribution is -2.51. The molecule has 3 aromatic rings. The Morgan fingerprint density at radius 2 is 1.90 bits per heavy atom. The van der Waals surface area contributed by atoms with Gasteiger partial charge in [0.2, 0.25) is 0 Å². The second-order valence-corrected chi connectivity index (χ2v) is 7.13. The van der Waals surface area contributed by atoms with Gasteiger partial charge >= 0.3 is 0 Å². The normalized spacial score (nSPS) is 20.9. The number of nitrogens with zero attached hydrogens (tertiary/aromatic N) is 3. The van der Waals surface area contributed by atoms with Gasteiger partial charge in [0.05, 0.1) is 19.2 Å². The molecular formula is C23H21N3O4. The molecule has 1 aromatic heterocycles. The number of methoxy groups -OCH3 is 1. The van der Waals surface area contributed by atoms with Crippen molar-refractivity contribution in [2.45, 2.75) is 18.1 Å². The van der Waals surface area contributed by atoms with E-state index in [2.05, 4.69) is 5.10 Å². The summed E-state index contributed by atoms with van der Waals surface area (Å²) in [6, 6.07) is 18.3. The molecule has 2 unspecified atom stereocenters. The van der Waals surface area contributed by atoms with E-state index in [1.165, 1.54) is 13.2 Å². The molecule has 7 heteroatoms. The molecule has 1 aliphatic rings. The number of ether oxygens (including phenoxy) is 1. The van der Waals surface area contributed by atoms with Crippen molar-refractivity contribution >= 4 is 5.57 Å². The molecule has 0 aliphatic heterocycles. The Bertz CT molecular complexity index is 1090. The fourth-order valence-corrected chi connectivity index (χ4v) is 3.78. The van der Waals surface area contributed by atoms with Crippen LogP contribution < -0.4 is 0 Å². The topological polar surface area (TPSA) is 90.4 Å².